The summed E-state index contributed by atoms with van der Waals surface area (Å²) in [6.07, 6.45) is -1.84. The molecular weight excluding hydrogens is 284 g/mol. The average molecular weight is 299 g/mol. The Balaban J connectivity index is 2.02. The molecule has 1 heterocycles. The highest BCUT2D eigenvalue weighted by atomic mass is 35.5. The molecule has 1 aromatic rings. The molecule has 1 aliphatic heterocycles. The molecule has 7 heteroatoms. The van der Waals surface area contributed by atoms with Crippen molar-refractivity contribution in [1.82, 2.24) is 4.90 Å². The molecule has 0 aromatic heterocycles. The summed E-state index contributed by atoms with van der Waals surface area (Å²) in [5.41, 5.74) is 1.46. The van der Waals surface area contributed by atoms with Crippen LogP contribution in [0.3, 0.4) is 0 Å². The average Bonchev–Trinajstić information content (AvgIpc) is 2.42. The van der Waals surface area contributed by atoms with E-state index < -0.39 is 12.2 Å². The van der Waals surface area contributed by atoms with Crippen molar-refractivity contribution in [3.8, 4) is 0 Å². The summed E-state index contributed by atoms with van der Waals surface area (Å²) >= 11 is 5.85. The van der Waals surface area contributed by atoms with Gasteiger partial charge in [-0.05, 0) is 30.7 Å². The Morgan fingerprint density at radius 1 is 1.50 bits per heavy atom. The number of nitrogens with zero attached hydrogens (tertiary/aromatic N) is 1. The molecule has 1 aromatic carbocycles. The molecule has 0 saturated carbocycles. The Hall–Kier alpha value is -1.79. The lowest BCUT2D eigenvalue weighted by atomic mass is 10.2. The number of carboxylic acid groups (broad SMARTS) is 1. The molecule has 2 amide bonds. The van der Waals surface area contributed by atoms with Crippen LogP contribution in [-0.4, -0.2) is 47.8 Å². The van der Waals surface area contributed by atoms with Crippen LogP contribution in [0.2, 0.25) is 5.02 Å². The minimum Gasteiger partial charge on any atom is -0.465 e. The first kappa shape index (κ1) is 14.6. The van der Waals surface area contributed by atoms with Gasteiger partial charge in [0.15, 0.2) is 6.10 Å². The third-order valence-electron chi connectivity index (χ3n) is 3.08. The van der Waals surface area contributed by atoms with E-state index in [4.69, 9.17) is 21.4 Å². The number of morpholine rings is 1. The molecular formula is C13H15ClN2O4. The maximum atomic E-state index is 12.1. The van der Waals surface area contributed by atoms with E-state index in [0.717, 1.165) is 5.56 Å². The van der Waals surface area contributed by atoms with E-state index in [0.29, 0.717) is 10.7 Å². The standard InChI is InChI=1S/C13H15ClN2O4/c1-8-6-9(14)2-3-10(8)15-12(17)11-7-16(13(18)19)4-5-20-11/h2-3,6,11H,4-5,7H2,1H3,(H,15,17)(H,18,19). The minimum absolute atomic E-state index is 0.0355. The van der Waals surface area contributed by atoms with Crippen molar-refractivity contribution in [2.24, 2.45) is 0 Å². The Morgan fingerprint density at radius 3 is 2.90 bits per heavy atom. The number of ether oxygens (including phenoxy) is 1. The predicted octanol–water partition coefficient (Wildman–Crippen LogP) is 1.97. The van der Waals surface area contributed by atoms with Crippen LogP contribution in [-0.2, 0) is 9.53 Å². The van der Waals surface area contributed by atoms with Crippen molar-refractivity contribution < 1.29 is 19.4 Å². The number of hydrogen-bond acceptors (Lipinski definition) is 3. The molecule has 6 nitrogen and oxygen atoms in total. The molecule has 0 aliphatic carbocycles. The molecule has 0 spiro atoms. The second-order valence-electron chi connectivity index (χ2n) is 4.54. The number of hydrogen-bond donors (Lipinski definition) is 2. The van der Waals surface area contributed by atoms with Crippen molar-refractivity contribution in [1.29, 1.82) is 0 Å². The van der Waals surface area contributed by atoms with Crippen LogP contribution in [0.4, 0.5) is 10.5 Å². The fourth-order valence-corrected chi connectivity index (χ4v) is 2.19. The zero-order chi connectivity index (χ0) is 14.7. The summed E-state index contributed by atoms with van der Waals surface area (Å²) < 4.78 is 5.31. The lowest BCUT2D eigenvalue weighted by molar-refractivity contribution is -0.131. The van der Waals surface area contributed by atoms with Gasteiger partial charge < -0.3 is 20.1 Å². The van der Waals surface area contributed by atoms with Gasteiger partial charge in [0, 0.05) is 17.3 Å². The first-order valence-electron chi connectivity index (χ1n) is 6.14. The third kappa shape index (κ3) is 3.40. The highest BCUT2D eigenvalue weighted by molar-refractivity contribution is 6.30. The molecule has 2 rings (SSSR count). The molecule has 0 radical (unpaired) electrons. The second kappa shape index (κ2) is 6.11. The SMILES string of the molecule is Cc1cc(Cl)ccc1NC(=O)C1CN(C(=O)O)CCO1. The quantitative estimate of drug-likeness (QED) is 0.875. The van der Waals surface area contributed by atoms with Crippen molar-refractivity contribution >= 4 is 29.3 Å². The van der Waals surface area contributed by atoms with Gasteiger partial charge in [0.2, 0.25) is 0 Å². The maximum Gasteiger partial charge on any atom is 0.407 e. The number of anilines is 1. The van der Waals surface area contributed by atoms with E-state index >= 15 is 0 Å². The summed E-state index contributed by atoms with van der Waals surface area (Å²) in [5, 5.41) is 12.2. The van der Waals surface area contributed by atoms with Gasteiger partial charge in [-0.1, -0.05) is 11.6 Å². The Kier molecular flexibility index (Phi) is 4.46. The molecule has 1 atom stereocenters. The molecule has 0 bridgehead atoms. The fraction of sp³-hybridized carbons (Fsp3) is 0.385. The lowest BCUT2D eigenvalue weighted by Crippen LogP contribution is -2.49. The molecule has 1 saturated heterocycles. The predicted molar refractivity (Wildman–Crippen MR) is 74.2 cm³/mol. The first-order chi connectivity index (χ1) is 9.47. The summed E-state index contributed by atoms with van der Waals surface area (Å²) in [6, 6.07) is 5.12. The van der Waals surface area contributed by atoms with Crippen molar-refractivity contribution in [3.63, 3.8) is 0 Å². The van der Waals surface area contributed by atoms with Crippen molar-refractivity contribution in [2.75, 3.05) is 25.0 Å². The number of carbonyl (C=O) groups excluding carboxylic acids is 1. The number of benzene rings is 1. The van der Waals surface area contributed by atoms with Crippen LogP contribution in [0.25, 0.3) is 0 Å². The lowest BCUT2D eigenvalue weighted by Gasteiger charge is -2.30. The Bertz CT molecular complexity index is 535. The van der Waals surface area contributed by atoms with Gasteiger partial charge in [-0.2, -0.15) is 0 Å². The Morgan fingerprint density at radius 2 is 2.25 bits per heavy atom. The van der Waals surface area contributed by atoms with Gasteiger partial charge in [0.25, 0.3) is 5.91 Å². The van der Waals surface area contributed by atoms with E-state index in [2.05, 4.69) is 5.32 Å². The molecule has 20 heavy (non-hydrogen) atoms. The van der Waals surface area contributed by atoms with E-state index in [-0.39, 0.29) is 25.6 Å². The summed E-state index contributed by atoms with van der Waals surface area (Å²) in [4.78, 5) is 24.1. The van der Waals surface area contributed by atoms with Gasteiger partial charge >= 0.3 is 6.09 Å². The van der Waals surface area contributed by atoms with Crippen LogP contribution in [0.1, 0.15) is 5.56 Å². The van der Waals surface area contributed by atoms with Crippen LogP contribution in [0, 0.1) is 6.92 Å². The summed E-state index contributed by atoms with van der Waals surface area (Å²) in [7, 11) is 0. The monoisotopic (exact) mass is 298 g/mol. The maximum absolute atomic E-state index is 12.1. The molecule has 2 N–H and O–H groups in total. The van der Waals surface area contributed by atoms with Crippen molar-refractivity contribution in [3.05, 3.63) is 28.8 Å². The smallest absolute Gasteiger partial charge is 0.407 e. The molecule has 1 fully saturated rings. The van der Waals surface area contributed by atoms with Crippen LogP contribution in [0.15, 0.2) is 18.2 Å². The van der Waals surface area contributed by atoms with Gasteiger partial charge in [-0.15, -0.1) is 0 Å². The van der Waals surface area contributed by atoms with Crippen molar-refractivity contribution in [2.45, 2.75) is 13.0 Å². The number of halogens is 1. The highest BCUT2D eigenvalue weighted by Gasteiger charge is 2.29. The van der Waals surface area contributed by atoms with Crippen LogP contribution >= 0.6 is 11.6 Å². The van der Waals surface area contributed by atoms with Crippen LogP contribution in [0.5, 0.6) is 0 Å². The number of amides is 2. The van der Waals surface area contributed by atoms with Gasteiger partial charge in [-0.3, -0.25) is 4.79 Å². The molecule has 1 aliphatic rings. The zero-order valence-corrected chi connectivity index (χ0v) is 11.7. The fourth-order valence-electron chi connectivity index (χ4n) is 1.96. The van der Waals surface area contributed by atoms with E-state index in [9.17, 15) is 9.59 Å². The third-order valence-corrected chi connectivity index (χ3v) is 3.31. The molecule has 108 valence electrons. The van der Waals surface area contributed by atoms with Crippen LogP contribution < -0.4 is 5.32 Å². The molecule has 1 unspecified atom stereocenters. The van der Waals surface area contributed by atoms with E-state index in [1.54, 1.807) is 18.2 Å². The summed E-state index contributed by atoms with van der Waals surface area (Å²) in [6.45, 7) is 2.35. The number of aryl methyl sites for hydroxylation is 1. The first-order valence-corrected chi connectivity index (χ1v) is 6.51. The minimum atomic E-state index is -1.05. The normalized spacial score (nSPS) is 18.7. The largest absolute Gasteiger partial charge is 0.465 e. The highest BCUT2D eigenvalue weighted by Crippen LogP contribution is 2.20. The number of rotatable bonds is 2. The van der Waals surface area contributed by atoms with Gasteiger partial charge in [-0.25, -0.2) is 4.79 Å². The van der Waals surface area contributed by atoms with Gasteiger partial charge in [0.05, 0.1) is 13.2 Å². The topological polar surface area (TPSA) is 78.9 Å². The second-order valence-corrected chi connectivity index (χ2v) is 4.97. The number of carbonyl (C=O) groups is 2. The van der Waals surface area contributed by atoms with E-state index in [1.807, 2.05) is 6.92 Å². The van der Waals surface area contributed by atoms with E-state index in [1.165, 1.54) is 4.90 Å². The zero-order valence-electron chi connectivity index (χ0n) is 10.9. The number of nitrogens with one attached hydrogen (secondary N) is 1. The van der Waals surface area contributed by atoms with Gasteiger partial charge in [0.1, 0.15) is 0 Å². The Labute approximate surface area is 121 Å². The summed E-state index contributed by atoms with van der Waals surface area (Å²) in [5.74, 6) is -0.360.